The molecule has 2 aromatic heterocycles. The Hall–Kier alpha value is -3.23. The maximum Gasteiger partial charge on any atom is 0.225 e. The van der Waals surface area contributed by atoms with Gasteiger partial charge in [-0.2, -0.15) is 4.98 Å². The Labute approximate surface area is 188 Å². The van der Waals surface area contributed by atoms with Crippen LogP contribution in [0.15, 0.2) is 54.9 Å². The largest absolute Gasteiger partial charge is 0.394 e. The Morgan fingerprint density at radius 3 is 2.41 bits per heavy atom. The van der Waals surface area contributed by atoms with Gasteiger partial charge in [-0.3, -0.25) is 4.98 Å². The summed E-state index contributed by atoms with van der Waals surface area (Å²) in [6.45, 7) is 7.45. The fourth-order valence-electron chi connectivity index (χ4n) is 3.56. The molecule has 1 aromatic carbocycles. The third-order valence-corrected chi connectivity index (χ3v) is 5.53. The number of aliphatic hydroxyl groups is 1. The Kier molecular flexibility index (Phi) is 7.14. The van der Waals surface area contributed by atoms with E-state index in [0.29, 0.717) is 11.8 Å². The minimum Gasteiger partial charge on any atom is -0.394 e. The lowest BCUT2D eigenvalue weighted by molar-refractivity contribution is 0.122. The van der Waals surface area contributed by atoms with Crippen molar-refractivity contribution in [2.45, 2.75) is 19.9 Å². The van der Waals surface area contributed by atoms with Gasteiger partial charge in [0, 0.05) is 48.5 Å². The number of aromatic nitrogens is 3. The predicted molar refractivity (Wildman–Crippen MR) is 127 cm³/mol. The van der Waals surface area contributed by atoms with Crippen LogP contribution in [0.3, 0.4) is 0 Å². The molecule has 1 aliphatic rings. The van der Waals surface area contributed by atoms with Gasteiger partial charge in [0.2, 0.25) is 5.95 Å². The number of pyridine rings is 1. The Bertz CT molecular complexity index is 991. The van der Waals surface area contributed by atoms with E-state index in [0.717, 1.165) is 43.2 Å². The van der Waals surface area contributed by atoms with Crippen LogP contribution >= 0.6 is 0 Å². The number of morpholine rings is 1. The van der Waals surface area contributed by atoms with E-state index in [1.54, 1.807) is 12.4 Å². The molecule has 1 aliphatic heterocycles. The van der Waals surface area contributed by atoms with Crippen molar-refractivity contribution in [2.75, 3.05) is 48.4 Å². The van der Waals surface area contributed by atoms with E-state index < -0.39 is 0 Å². The molecule has 8 heteroatoms. The van der Waals surface area contributed by atoms with Crippen LogP contribution in [0.1, 0.15) is 13.8 Å². The highest BCUT2D eigenvalue weighted by Crippen LogP contribution is 2.25. The first kappa shape index (κ1) is 22.0. The van der Waals surface area contributed by atoms with Gasteiger partial charge in [0.1, 0.15) is 5.82 Å². The molecule has 4 rings (SSSR count). The molecule has 0 aliphatic carbocycles. The number of anilines is 4. The van der Waals surface area contributed by atoms with E-state index in [1.165, 1.54) is 5.69 Å². The van der Waals surface area contributed by atoms with Crippen molar-refractivity contribution in [3.8, 4) is 11.3 Å². The minimum absolute atomic E-state index is 0.00623. The zero-order chi connectivity index (χ0) is 22.3. The van der Waals surface area contributed by atoms with Crippen molar-refractivity contribution in [3.05, 3.63) is 54.9 Å². The van der Waals surface area contributed by atoms with Crippen LogP contribution in [-0.2, 0) is 4.74 Å². The molecule has 8 nitrogen and oxygen atoms in total. The first-order valence-electron chi connectivity index (χ1n) is 11.0. The second-order valence-corrected chi connectivity index (χ2v) is 8.15. The number of nitrogens with zero attached hydrogens (tertiary/aromatic N) is 4. The fourth-order valence-corrected chi connectivity index (χ4v) is 3.56. The maximum atomic E-state index is 9.73. The number of hydrogen-bond donors (Lipinski definition) is 3. The van der Waals surface area contributed by atoms with Crippen molar-refractivity contribution in [2.24, 2.45) is 5.92 Å². The Morgan fingerprint density at radius 2 is 1.75 bits per heavy atom. The lowest BCUT2D eigenvalue weighted by Gasteiger charge is -2.28. The second kappa shape index (κ2) is 10.4. The molecule has 3 N–H and O–H groups in total. The first-order chi connectivity index (χ1) is 15.6. The number of hydrogen-bond acceptors (Lipinski definition) is 8. The number of ether oxygens (including phenoxy) is 1. The summed E-state index contributed by atoms with van der Waals surface area (Å²) in [5.41, 5.74) is 3.85. The van der Waals surface area contributed by atoms with Gasteiger partial charge in [0.05, 0.1) is 31.6 Å². The molecule has 0 saturated carbocycles. The highest BCUT2D eigenvalue weighted by molar-refractivity contribution is 5.68. The molecule has 0 bridgehead atoms. The molecule has 3 heterocycles. The van der Waals surface area contributed by atoms with Crippen LogP contribution < -0.4 is 15.5 Å². The summed E-state index contributed by atoms with van der Waals surface area (Å²) < 4.78 is 5.44. The summed E-state index contributed by atoms with van der Waals surface area (Å²) in [6.07, 6.45) is 3.49. The van der Waals surface area contributed by atoms with Gasteiger partial charge in [0.15, 0.2) is 0 Å². The molecular formula is C24H30N6O2. The van der Waals surface area contributed by atoms with Gasteiger partial charge >= 0.3 is 0 Å². The lowest BCUT2D eigenvalue weighted by atomic mass is 10.1. The summed E-state index contributed by atoms with van der Waals surface area (Å²) in [7, 11) is 0. The van der Waals surface area contributed by atoms with Crippen LogP contribution in [0.4, 0.5) is 23.1 Å². The van der Waals surface area contributed by atoms with Gasteiger partial charge in [-0.25, -0.2) is 4.98 Å². The molecular weight excluding hydrogens is 404 g/mol. The van der Waals surface area contributed by atoms with Crippen molar-refractivity contribution in [1.82, 2.24) is 15.0 Å². The molecule has 1 fully saturated rings. The summed E-state index contributed by atoms with van der Waals surface area (Å²) in [4.78, 5) is 15.7. The monoisotopic (exact) mass is 434 g/mol. The zero-order valence-corrected chi connectivity index (χ0v) is 18.5. The van der Waals surface area contributed by atoms with Crippen molar-refractivity contribution < 1.29 is 9.84 Å². The third kappa shape index (κ3) is 5.52. The summed E-state index contributed by atoms with van der Waals surface area (Å²) in [5.74, 6) is 1.38. The van der Waals surface area contributed by atoms with Gasteiger partial charge in [0.25, 0.3) is 0 Å². The van der Waals surface area contributed by atoms with Crippen LogP contribution in [-0.4, -0.2) is 59.0 Å². The number of benzene rings is 1. The van der Waals surface area contributed by atoms with Crippen molar-refractivity contribution >= 4 is 23.1 Å². The summed E-state index contributed by atoms with van der Waals surface area (Å²) in [6, 6.07) is 13.9. The van der Waals surface area contributed by atoms with E-state index in [2.05, 4.69) is 68.6 Å². The predicted octanol–water partition coefficient (Wildman–Crippen LogP) is 3.55. The third-order valence-electron chi connectivity index (χ3n) is 5.53. The second-order valence-electron chi connectivity index (χ2n) is 8.15. The van der Waals surface area contributed by atoms with Gasteiger partial charge in [-0.05, 0) is 42.3 Å². The average molecular weight is 435 g/mol. The maximum absolute atomic E-state index is 9.73. The van der Waals surface area contributed by atoms with Crippen molar-refractivity contribution in [3.63, 3.8) is 0 Å². The van der Waals surface area contributed by atoms with Crippen LogP contribution in [0, 0.1) is 5.92 Å². The number of rotatable bonds is 8. The molecule has 0 amide bonds. The highest BCUT2D eigenvalue weighted by Gasteiger charge is 2.15. The molecule has 1 saturated heterocycles. The number of aliphatic hydroxyl groups excluding tert-OH is 1. The van der Waals surface area contributed by atoms with E-state index >= 15 is 0 Å². The molecule has 0 unspecified atom stereocenters. The lowest BCUT2D eigenvalue weighted by Crippen LogP contribution is -2.36. The van der Waals surface area contributed by atoms with Crippen LogP contribution in [0.25, 0.3) is 11.3 Å². The van der Waals surface area contributed by atoms with Crippen molar-refractivity contribution in [1.29, 1.82) is 0 Å². The van der Waals surface area contributed by atoms with Gasteiger partial charge in [-0.15, -0.1) is 0 Å². The standard InChI is InChI=1S/C24H30N6O2/c1-17(2)22(16-31)28-24-27-21(18-7-9-25-10-8-18)15-23(29-24)26-19-3-5-20(6-4-19)30-11-13-32-14-12-30/h3-10,15,17,22,31H,11-14,16H2,1-2H3,(H2,26,27,28,29)/t22-/m1/s1. The van der Waals surface area contributed by atoms with E-state index in [4.69, 9.17) is 4.74 Å². The van der Waals surface area contributed by atoms with Crippen LogP contribution in [0.5, 0.6) is 0 Å². The topological polar surface area (TPSA) is 95.4 Å². The van der Waals surface area contributed by atoms with E-state index in [-0.39, 0.29) is 18.6 Å². The molecule has 0 spiro atoms. The average Bonchev–Trinajstić information content (AvgIpc) is 2.84. The highest BCUT2D eigenvalue weighted by atomic mass is 16.5. The first-order valence-corrected chi connectivity index (χ1v) is 11.0. The normalized spacial score (nSPS) is 14.9. The minimum atomic E-state index is -0.136. The smallest absolute Gasteiger partial charge is 0.225 e. The van der Waals surface area contributed by atoms with Crippen LogP contribution in [0.2, 0.25) is 0 Å². The number of nitrogens with one attached hydrogen (secondary N) is 2. The van der Waals surface area contributed by atoms with E-state index in [9.17, 15) is 5.11 Å². The zero-order valence-electron chi connectivity index (χ0n) is 18.5. The summed E-state index contributed by atoms with van der Waals surface area (Å²) in [5, 5.41) is 16.4. The summed E-state index contributed by atoms with van der Waals surface area (Å²) >= 11 is 0. The molecule has 168 valence electrons. The Morgan fingerprint density at radius 1 is 1.03 bits per heavy atom. The molecule has 3 aromatic rings. The molecule has 32 heavy (non-hydrogen) atoms. The molecule has 1 atom stereocenters. The van der Waals surface area contributed by atoms with Gasteiger partial charge < -0.3 is 25.4 Å². The van der Waals surface area contributed by atoms with E-state index in [1.807, 2.05) is 18.2 Å². The van der Waals surface area contributed by atoms with Gasteiger partial charge in [-0.1, -0.05) is 13.8 Å². The Balaban J connectivity index is 1.58. The fraction of sp³-hybridized carbons (Fsp3) is 0.375. The molecule has 0 radical (unpaired) electrons. The quantitative estimate of drug-likeness (QED) is 0.495. The SMILES string of the molecule is CC(C)[C@@H](CO)Nc1nc(Nc2ccc(N3CCOCC3)cc2)cc(-c2ccncc2)n1.